The van der Waals surface area contributed by atoms with Crippen LogP contribution < -0.4 is 5.73 Å². The van der Waals surface area contributed by atoms with Gasteiger partial charge in [-0.05, 0) is 19.9 Å². The van der Waals surface area contributed by atoms with Crippen LogP contribution in [0.4, 0.5) is 0 Å². The van der Waals surface area contributed by atoms with Crippen molar-refractivity contribution in [3.8, 4) is 0 Å². The molecule has 2 aromatic rings. The molecule has 4 heteroatoms. The van der Waals surface area contributed by atoms with E-state index in [9.17, 15) is 0 Å². The Balaban J connectivity index is 2.74. The maximum absolute atomic E-state index is 5.78. The molecule has 2 N–H and O–H groups in total. The summed E-state index contributed by atoms with van der Waals surface area (Å²) in [6.45, 7) is 3.93. The van der Waals surface area contributed by atoms with Crippen molar-refractivity contribution in [2.45, 2.75) is 19.9 Å². The number of rotatable bonds is 1. The van der Waals surface area contributed by atoms with Gasteiger partial charge in [-0.2, -0.15) is 0 Å². The molecule has 13 heavy (non-hydrogen) atoms. The van der Waals surface area contributed by atoms with Gasteiger partial charge >= 0.3 is 0 Å². The molecule has 0 aliphatic heterocycles. The van der Waals surface area contributed by atoms with Crippen molar-refractivity contribution in [1.82, 2.24) is 14.4 Å². The van der Waals surface area contributed by atoms with Gasteiger partial charge in [0.25, 0.3) is 0 Å². The van der Waals surface area contributed by atoms with E-state index in [1.807, 2.05) is 24.3 Å². The minimum absolute atomic E-state index is 0.0279. The van der Waals surface area contributed by atoms with E-state index < -0.39 is 0 Å². The predicted octanol–water partition coefficient (Wildman–Crippen LogP) is 1.06. The minimum Gasteiger partial charge on any atom is -0.323 e. The van der Waals surface area contributed by atoms with Crippen LogP contribution in [0.1, 0.15) is 24.4 Å². The average molecular weight is 176 g/mol. The molecule has 4 nitrogen and oxygen atoms in total. The standard InChI is InChI=1S/C9H12N4/c1-6(10)9-7(2)13-5-11-4-3-8(13)12-9/h3-6H,10H2,1-2H3. The van der Waals surface area contributed by atoms with Gasteiger partial charge in [0.15, 0.2) is 0 Å². The smallest absolute Gasteiger partial charge is 0.140 e. The molecule has 0 spiro atoms. The molecular formula is C9H12N4. The van der Waals surface area contributed by atoms with E-state index in [4.69, 9.17) is 5.73 Å². The molecule has 0 radical (unpaired) electrons. The van der Waals surface area contributed by atoms with Crippen molar-refractivity contribution in [3.05, 3.63) is 30.0 Å². The maximum Gasteiger partial charge on any atom is 0.140 e. The van der Waals surface area contributed by atoms with Gasteiger partial charge in [-0.3, -0.25) is 4.40 Å². The zero-order valence-corrected chi connectivity index (χ0v) is 7.73. The second-order valence-corrected chi connectivity index (χ2v) is 3.18. The van der Waals surface area contributed by atoms with Crippen molar-refractivity contribution >= 4 is 5.65 Å². The number of nitrogens with zero attached hydrogens (tertiary/aromatic N) is 3. The fourth-order valence-electron chi connectivity index (χ4n) is 1.46. The summed E-state index contributed by atoms with van der Waals surface area (Å²) in [6.07, 6.45) is 3.48. The molecule has 0 aliphatic carbocycles. The number of hydrogen-bond donors (Lipinski definition) is 1. The van der Waals surface area contributed by atoms with Gasteiger partial charge in [0, 0.05) is 17.9 Å². The molecule has 0 aliphatic rings. The van der Waals surface area contributed by atoms with E-state index in [0.717, 1.165) is 17.0 Å². The Labute approximate surface area is 76.4 Å². The first-order chi connectivity index (χ1) is 6.20. The van der Waals surface area contributed by atoms with Crippen molar-refractivity contribution in [1.29, 1.82) is 0 Å². The van der Waals surface area contributed by atoms with Crippen molar-refractivity contribution < 1.29 is 0 Å². The third kappa shape index (κ3) is 1.19. The molecule has 0 bridgehead atoms. The van der Waals surface area contributed by atoms with Crippen molar-refractivity contribution in [2.24, 2.45) is 5.73 Å². The van der Waals surface area contributed by atoms with Crippen LogP contribution in [0, 0.1) is 6.92 Å². The normalized spacial score (nSPS) is 13.5. The first-order valence-electron chi connectivity index (χ1n) is 4.24. The summed E-state index contributed by atoms with van der Waals surface area (Å²) in [6, 6.07) is 1.85. The molecule has 1 unspecified atom stereocenters. The summed E-state index contributed by atoms with van der Waals surface area (Å²) in [5.41, 5.74) is 8.69. The lowest BCUT2D eigenvalue weighted by atomic mass is 10.2. The number of imidazole rings is 1. The largest absolute Gasteiger partial charge is 0.323 e. The lowest BCUT2D eigenvalue weighted by Gasteiger charge is -2.00. The highest BCUT2D eigenvalue weighted by molar-refractivity contribution is 5.42. The summed E-state index contributed by atoms with van der Waals surface area (Å²) >= 11 is 0. The molecule has 68 valence electrons. The Bertz CT molecular complexity index is 430. The monoisotopic (exact) mass is 176 g/mol. The summed E-state index contributed by atoms with van der Waals surface area (Å²) < 4.78 is 1.94. The molecule has 0 fully saturated rings. The number of hydrogen-bond acceptors (Lipinski definition) is 3. The van der Waals surface area contributed by atoms with Crippen molar-refractivity contribution in [2.75, 3.05) is 0 Å². The fraction of sp³-hybridized carbons (Fsp3) is 0.333. The van der Waals surface area contributed by atoms with Crippen LogP contribution in [0.25, 0.3) is 5.65 Å². The quantitative estimate of drug-likeness (QED) is 0.706. The Morgan fingerprint density at radius 3 is 2.92 bits per heavy atom. The van der Waals surface area contributed by atoms with Gasteiger partial charge in [0.05, 0.1) is 5.69 Å². The van der Waals surface area contributed by atoms with Crippen LogP contribution >= 0.6 is 0 Å². The van der Waals surface area contributed by atoms with Crippen molar-refractivity contribution in [3.63, 3.8) is 0 Å². The molecular weight excluding hydrogens is 164 g/mol. The van der Waals surface area contributed by atoms with E-state index in [2.05, 4.69) is 9.97 Å². The Hall–Kier alpha value is -1.42. The molecule has 2 rings (SSSR count). The topological polar surface area (TPSA) is 56.2 Å². The van der Waals surface area contributed by atoms with Gasteiger partial charge in [-0.1, -0.05) is 0 Å². The van der Waals surface area contributed by atoms with Gasteiger partial charge in [-0.15, -0.1) is 0 Å². The van der Waals surface area contributed by atoms with E-state index in [0.29, 0.717) is 0 Å². The molecule has 2 heterocycles. The van der Waals surface area contributed by atoms with Crippen LogP contribution in [0.2, 0.25) is 0 Å². The minimum atomic E-state index is -0.0279. The molecule has 0 aromatic carbocycles. The Morgan fingerprint density at radius 1 is 1.54 bits per heavy atom. The fourth-order valence-corrected chi connectivity index (χ4v) is 1.46. The summed E-state index contributed by atoms with van der Waals surface area (Å²) in [5, 5.41) is 0. The van der Waals surface area contributed by atoms with E-state index in [1.165, 1.54) is 0 Å². The summed E-state index contributed by atoms with van der Waals surface area (Å²) in [4.78, 5) is 8.44. The summed E-state index contributed by atoms with van der Waals surface area (Å²) in [7, 11) is 0. The van der Waals surface area contributed by atoms with Gasteiger partial charge in [0.1, 0.15) is 12.0 Å². The van der Waals surface area contributed by atoms with E-state index in [-0.39, 0.29) is 6.04 Å². The number of fused-ring (bicyclic) bond motifs is 1. The van der Waals surface area contributed by atoms with Crippen LogP contribution in [-0.4, -0.2) is 14.4 Å². The highest BCUT2D eigenvalue weighted by Crippen LogP contribution is 2.15. The van der Waals surface area contributed by atoms with Crippen LogP contribution in [0.3, 0.4) is 0 Å². The SMILES string of the molecule is Cc1c(C(C)N)nc2ccncn12. The predicted molar refractivity (Wildman–Crippen MR) is 50.3 cm³/mol. The first kappa shape index (κ1) is 8.19. The number of aryl methyl sites for hydroxylation is 1. The molecule has 2 aromatic heterocycles. The highest BCUT2D eigenvalue weighted by atomic mass is 15.1. The Kier molecular flexibility index (Phi) is 1.77. The maximum atomic E-state index is 5.78. The van der Waals surface area contributed by atoms with Gasteiger partial charge < -0.3 is 5.73 Å². The number of nitrogens with two attached hydrogens (primary N) is 1. The average Bonchev–Trinajstić information content (AvgIpc) is 2.45. The summed E-state index contributed by atoms with van der Waals surface area (Å²) in [5.74, 6) is 0. The molecule has 0 saturated carbocycles. The second-order valence-electron chi connectivity index (χ2n) is 3.18. The van der Waals surface area contributed by atoms with Gasteiger partial charge in [0.2, 0.25) is 0 Å². The van der Waals surface area contributed by atoms with E-state index in [1.54, 1.807) is 12.5 Å². The van der Waals surface area contributed by atoms with Crippen LogP contribution in [0.15, 0.2) is 18.6 Å². The van der Waals surface area contributed by atoms with E-state index >= 15 is 0 Å². The first-order valence-corrected chi connectivity index (χ1v) is 4.24. The van der Waals surface area contributed by atoms with Crippen LogP contribution in [-0.2, 0) is 0 Å². The lowest BCUT2D eigenvalue weighted by molar-refractivity contribution is 0.779. The molecule has 1 atom stereocenters. The molecule has 0 saturated heterocycles. The zero-order chi connectivity index (χ0) is 9.42. The molecule has 0 amide bonds. The second kappa shape index (κ2) is 2.81. The third-order valence-electron chi connectivity index (χ3n) is 2.14. The highest BCUT2D eigenvalue weighted by Gasteiger charge is 2.10. The number of aromatic nitrogens is 3. The zero-order valence-electron chi connectivity index (χ0n) is 7.73. The van der Waals surface area contributed by atoms with Gasteiger partial charge in [-0.25, -0.2) is 9.97 Å². The Morgan fingerprint density at radius 2 is 2.31 bits per heavy atom. The third-order valence-corrected chi connectivity index (χ3v) is 2.14. The van der Waals surface area contributed by atoms with Crippen LogP contribution in [0.5, 0.6) is 0 Å². The lowest BCUT2D eigenvalue weighted by Crippen LogP contribution is -2.07.